The zero-order chi connectivity index (χ0) is 39.6. The number of amides is 1. The monoisotopic (exact) mass is 785 g/mol. The van der Waals surface area contributed by atoms with Crippen molar-refractivity contribution in [2.24, 2.45) is 14.1 Å². The minimum atomic E-state index is -1.09. The smallest absolute Gasteiger partial charge is 0.352 e. The summed E-state index contributed by atoms with van der Waals surface area (Å²) >= 11 is 13.5. The molecule has 288 valence electrons. The van der Waals surface area contributed by atoms with E-state index in [1.807, 2.05) is 69.8 Å². The van der Waals surface area contributed by atoms with Crippen LogP contribution in [0.1, 0.15) is 74.0 Å². The lowest BCUT2D eigenvalue weighted by atomic mass is 9.98. The van der Waals surface area contributed by atoms with E-state index < -0.39 is 5.97 Å². The van der Waals surface area contributed by atoms with Crippen LogP contribution in [-0.2, 0) is 31.9 Å². The molecule has 1 atom stereocenters. The van der Waals surface area contributed by atoms with Crippen molar-refractivity contribution in [1.29, 1.82) is 0 Å². The van der Waals surface area contributed by atoms with Crippen LogP contribution < -0.4 is 14.4 Å². The molecule has 0 bridgehead atoms. The van der Waals surface area contributed by atoms with Gasteiger partial charge in [-0.05, 0) is 94.5 Å². The normalized spacial score (nSPS) is 14.3. The Kier molecular flexibility index (Phi) is 10.2. The van der Waals surface area contributed by atoms with Gasteiger partial charge in [-0.3, -0.25) is 9.48 Å². The summed E-state index contributed by atoms with van der Waals surface area (Å²) < 4.78 is 23.2. The van der Waals surface area contributed by atoms with E-state index in [9.17, 15) is 9.90 Å². The molecule has 13 heteroatoms. The standard InChI is InChI=1S/C42H45Cl2N5O6/c1-21-15-27(16-22(2)36(21)44)55-14-10-11-28-29-12-13-31(43)35(34-24(4)45-47(7)25(34)5)38(29)49-23(3)19-48(41(50)39(28)49)32-17-26(20-53-8)40(54-9)30-18-33(42(51)52)46(6)37(30)32/h12-13,15-18,23H,10-11,14,19-20H2,1-9H3,(H,51,52)/t23-/m1/s1. The SMILES string of the molecule is COCc1cc(N2C[C@@H](C)n3c(c(CCCOc4cc(C)c(Cl)c(C)c4)c4ccc(Cl)c(-c5c(C)nn(C)c5C)c43)C2=O)c2c(cc(C(=O)O)n2C)c1OC. The molecular weight excluding hydrogens is 741 g/mol. The molecule has 0 saturated heterocycles. The number of hydrogen-bond donors (Lipinski definition) is 1. The number of benzene rings is 3. The summed E-state index contributed by atoms with van der Waals surface area (Å²) in [4.78, 5) is 29.5. The summed E-state index contributed by atoms with van der Waals surface area (Å²) in [6.45, 7) is 10.9. The van der Waals surface area contributed by atoms with Gasteiger partial charge in [0.25, 0.3) is 5.91 Å². The maximum Gasteiger partial charge on any atom is 0.352 e. The highest BCUT2D eigenvalue weighted by Crippen LogP contribution is 2.47. The average Bonchev–Trinajstić information content (AvgIpc) is 3.75. The van der Waals surface area contributed by atoms with Crippen LogP contribution in [0.2, 0.25) is 10.0 Å². The first-order valence-corrected chi connectivity index (χ1v) is 18.9. The van der Waals surface area contributed by atoms with E-state index in [2.05, 4.69) is 11.5 Å². The van der Waals surface area contributed by atoms with Gasteiger partial charge in [0.2, 0.25) is 0 Å². The van der Waals surface area contributed by atoms with Crippen molar-refractivity contribution in [2.75, 3.05) is 32.3 Å². The minimum Gasteiger partial charge on any atom is -0.496 e. The second kappa shape index (κ2) is 14.6. The van der Waals surface area contributed by atoms with E-state index in [4.69, 9.17) is 42.5 Å². The van der Waals surface area contributed by atoms with Crippen LogP contribution in [0.4, 0.5) is 5.69 Å². The van der Waals surface area contributed by atoms with Crippen molar-refractivity contribution >= 4 is 62.6 Å². The van der Waals surface area contributed by atoms with E-state index in [0.717, 1.165) is 60.9 Å². The second-order valence-electron chi connectivity index (χ2n) is 14.5. The maximum atomic E-state index is 15.3. The largest absolute Gasteiger partial charge is 0.496 e. The number of hydrogen-bond acceptors (Lipinski definition) is 6. The van der Waals surface area contributed by atoms with Crippen molar-refractivity contribution in [3.05, 3.63) is 91.5 Å². The second-order valence-corrected chi connectivity index (χ2v) is 15.2. The zero-order valence-corrected chi connectivity index (χ0v) is 34.1. The van der Waals surface area contributed by atoms with Crippen LogP contribution in [-0.4, -0.2) is 63.3 Å². The van der Waals surface area contributed by atoms with Crippen LogP contribution in [0.25, 0.3) is 32.9 Å². The fourth-order valence-electron chi connectivity index (χ4n) is 8.41. The molecule has 1 aliphatic heterocycles. The molecule has 0 fully saturated rings. The van der Waals surface area contributed by atoms with Crippen LogP contribution in [0.5, 0.6) is 11.5 Å². The predicted octanol–water partition coefficient (Wildman–Crippen LogP) is 9.16. The minimum absolute atomic E-state index is 0.0731. The first-order valence-electron chi connectivity index (χ1n) is 18.2. The topological polar surface area (TPSA) is 113 Å². The number of carbonyl (C=O) groups excluding carboxylic acids is 1. The fraction of sp³-hybridized carbons (Fsp3) is 0.357. The number of nitrogens with zero attached hydrogens (tertiary/aromatic N) is 5. The van der Waals surface area contributed by atoms with Crippen LogP contribution in [0, 0.1) is 27.7 Å². The van der Waals surface area contributed by atoms with Gasteiger partial charge in [-0.15, -0.1) is 0 Å². The third-order valence-corrected chi connectivity index (χ3v) is 11.8. The Morgan fingerprint density at radius 1 is 0.982 bits per heavy atom. The molecular formula is C42H45Cl2N5O6. The molecule has 1 N–H and O–H groups in total. The number of aromatic nitrogens is 4. The number of rotatable bonds is 11. The number of fused-ring (bicyclic) bond motifs is 4. The summed E-state index contributed by atoms with van der Waals surface area (Å²) in [5, 5.41) is 17.7. The number of aromatic carboxylic acids is 1. The number of carboxylic acid groups (broad SMARTS) is 1. The summed E-state index contributed by atoms with van der Waals surface area (Å²) in [6.07, 6.45) is 1.17. The molecule has 7 rings (SSSR count). The number of carboxylic acids is 1. The van der Waals surface area contributed by atoms with Gasteiger partial charge in [-0.1, -0.05) is 29.3 Å². The third-order valence-electron chi connectivity index (χ3n) is 10.9. The molecule has 0 spiro atoms. The van der Waals surface area contributed by atoms with Crippen molar-refractivity contribution in [1.82, 2.24) is 18.9 Å². The van der Waals surface area contributed by atoms with Gasteiger partial charge < -0.3 is 33.4 Å². The highest BCUT2D eigenvalue weighted by molar-refractivity contribution is 6.35. The van der Waals surface area contributed by atoms with E-state index in [0.29, 0.717) is 64.6 Å². The molecule has 0 saturated carbocycles. The van der Waals surface area contributed by atoms with E-state index in [-0.39, 0.29) is 24.2 Å². The maximum absolute atomic E-state index is 15.3. The molecule has 3 aromatic heterocycles. The molecule has 11 nitrogen and oxygen atoms in total. The number of halogens is 2. The molecule has 1 amide bonds. The van der Waals surface area contributed by atoms with Gasteiger partial charge in [0.05, 0.1) is 47.8 Å². The van der Waals surface area contributed by atoms with Gasteiger partial charge >= 0.3 is 5.97 Å². The van der Waals surface area contributed by atoms with Crippen molar-refractivity contribution < 1.29 is 28.9 Å². The Morgan fingerprint density at radius 2 is 1.69 bits per heavy atom. The van der Waals surface area contributed by atoms with E-state index in [1.54, 1.807) is 36.8 Å². The molecule has 1 aliphatic rings. The average molecular weight is 787 g/mol. The molecule has 55 heavy (non-hydrogen) atoms. The number of methoxy groups -OCH3 is 2. The predicted molar refractivity (Wildman–Crippen MR) is 217 cm³/mol. The van der Waals surface area contributed by atoms with Gasteiger partial charge in [-0.2, -0.15) is 5.10 Å². The van der Waals surface area contributed by atoms with Crippen molar-refractivity contribution in [2.45, 2.75) is 60.1 Å². The molecule has 4 heterocycles. The lowest BCUT2D eigenvalue weighted by molar-refractivity contribution is 0.0687. The molecule has 0 unspecified atom stereocenters. The lowest BCUT2D eigenvalue weighted by Crippen LogP contribution is -2.43. The van der Waals surface area contributed by atoms with Gasteiger partial charge in [-0.25, -0.2) is 4.79 Å². The highest BCUT2D eigenvalue weighted by atomic mass is 35.5. The van der Waals surface area contributed by atoms with Gasteiger partial charge in [0, 0.05) is 72.0 Å². The quantitative estimate of drug-likeness (QED) is 0.130. The van der Waals surface area contributed by atoms with Crippen LogP contribution in [0.15, 0.2) is 36.4 Å². The molecule has 6 aromatic rings. The van der Waals surface area contributed by atoms with Crippen molar-refractivity contribution in [3.8, 4) is 22.6 Å². The Balaban J connectivity index is 1.42. The zero-order valence-electron chi connectivity index (χ0n) is 32.6. The first kappa shape index (κ1) is 38.3. The van der Waals surface area contributed by atoms with E-state index >= 15 is 4.79 Å². The first-order chi connectivity index (χ1) is 26.2. The Bertz CT molecular complexity index is 2520. The van der Waals surface area contributed by atoms with Crippen LogP contribution >= 0.6 is 23.2 Å². The number of aryl methyl sites for hydroxylation is 6. The number of carbonyl (C=O) groups is 2. The summed E-state index contributed by atoms with van der Waals surface area (Å²) in [7, 11) is 6.75. The van der Waals surface area contributed by atoms with E-state index in [1.165, 1.54) is 0 Å². The summed E-state index contributed by atoms with van der Waals surface area (Å²) in [5.41, 5.74) is 9.74. The van der Waals surface area contributed by atoms with Gasteiger partial charge in [0.1, 0.15) is 22.9 Å². The Morgan fingerprint density at radius 3 is 2.31 bits per heavy atom. The Hall–Kier alpha value is -4.97. The Labute approximate surface area is 329 Å². The van der Waals surface area contributed by atoms with Gasteiger partial charge in [0.15, 0.2) is 0 Å². The third kappa shape index (κ3) is 6.22. The summed E-state index contributed by atoms with van der Waals surface area (Å²) in [6, 6.07) is 11.1. The van der Waals surface area contributed by atoms with Crippen molar-refractivity contribution in [3.63, 3.8) is 0 Å². The summed E-state index contributed by atoms with van der Waals surface area (Å²) in [5.74, 6) is -0.0426. The molecule has 0 radical (unpaired) electrons. The lowest BCUT2D eigenvalue weighted by Gasteiger charge is -2.35. The fourth-order valence-corrected chi connectivity index (χ4v) is 8.77. The highest BCUT2D eigenvalue weighted by Gasteiger charge is 2.38. The molecule has 3 aromatic carbocycles. The van der Waals surface area contributed by atoms with Crippen LogP contribution in [0.3, 0.4) is 0 Å². The number of anilines is 1. The number of ether oxygens (including phenoxy) is 3. The molecule has 0 aliphatic carbocycles.